The van der Waals surface area contributed by atoms with Crippen LogP contribution >= 0.6 is 7.92 Å². The van der Waals surface area contributed by atoms with Gasteiger partial charge >= 0.3 is 0 Å². The van der Waals surface area contributed by atoms with E-state index >= 15 is 0 Å². The SMILES string of the molecule is CC(C)P(COCCOS(C)(=O)=O)C(C)C. The second-order valence-electron chi connectivity index (χ2n) is 4.27. The van der Waals surface area contributed by atoms with Crippen LogP contribution in [-0.4, -0.2) is 45.6 Å². The maximum absolute atomic E-state index is 10.7. The minimum absolute atomic E-state index is 0.109. The summed E-state index contributed by atoms with van der Waals surface area (Å²) in [5.41, 5.74) is 1.26. The first-order valence-electron chi connectivity index (χ1n) is 5.42. The van der Waals surface area contributed by atoms with Gasteiger partial charge in [0.25, 0.3) is 10.1 Å². The van der Waals surface area contributed by atoms with Crippen LogP contribution in [0.15, 0.2) is 0 Å². The Morgan fingerprint density at radius 2 is 1.56 bits per heavy atom. The van der Waals surface area contributed by atoms with E-state index in [1.807, 2.05) is 0 Å². The van der Waals surface area contributed by atoms with Crippen LogP contribution in [0.4, 0.5) is 0 Å². The summed E-state index contributed by atoms with van der Waals surface area (Å²) in [6.45, 7) is 9.23. The molecule has 0 bridgehead atoms. The Morgan fingerprint density at radius 3 is 1.94 bits per heavy atom. The van der Waals surface area contributed by atoms with E-state index in [1.54, 1.807) is 0 Å². The largest absolute Gasteiger partial charge is 0.375 e. The summed E-state index contributed by atoms with van der Waals surface area (Å²) in [4.78, 5) is 0. The molecule has 98 valence electrons. The molecule has 0 amide bonds. The predicted octanol–water partition coefficient (Wildman–Crippen LogP) is 2.24. The first kappa shape index (κ1) is 16.3. The van der Waals surface area contributed by atoms with E-state index in [4.69, 9.17) is 4.74 Å². The summed E-state index contributed by atoms with van der Waals surface area (Å²) in [5.74, 6) is 0. The maximum atomic E-state index is 10.7. The van der Waals surface area contributed by atoms with Crippen LogP contribution in [-0.2, 0) is 19.0 Å². The molecule has 0 aromatic heterocycles. The summed E-state index contributed by atoms with van der Waals surface area (Å²) in [6, 6.07) is 0. The summed E-state index contributed by atoms with van der Waals surface area (Å²) < 4.78 is 31.4. The fourth-order valence-electron chi connectivity index (χ4n) is 1.31. The molecule has 0 saturated heterocycles. The second-order valence-corrected chi connectivity index (χ2v) is 9.26. The van der Waals surface area contributed by atoms with Crippen molar-refractivity contribution in [1.29, 1.82) is 0 Å². The molecule has 6 heteroatoms. The van der Waals surface area contributed by atoms with Gasteiger partial charge in [0.05, 0.1) is 25.8 Å². The quantitative estimate of drug-likeness (QED) is 0.385. The summed E-state index contributed by atoms with van der Waals surface area (Å²) in [5, 5.41) is 0. The van der Waals surface area contributed by atoms with Gasteiger partial charge in [0.1, 0.15) is 0 Å². The van der Waals surface area contributed by atoms with Crippen LogP contribution in [0.1, 0.15) is 27.7 Å². The molecule has 0 unspecified atom stereocenters. The van der Waals surface area contributed by atoms with E-state index in [-0.39, 0.29) is 14.5 Å². The molecule has 0 spiro atoms. The first-order valence-corrected chi connectivity index (χ1v) is 8.90. The van der Waals surface area contributed by atoms with Crippen molar-refractivity contribution in [3.8, 4) is 0 Å². The lowest BCUT2D eigenvalue weighted by molar-refractivity contribution is 0.136. The topological polar surface area (TPSA) is 52.6 Å². The monoisotopic (exact) mass is 270 g/mol. The molecule has 0 heterocycles. The van der Waals surface area contributed by atoms with E-state index < -0.39 is 10.1 Å². The lowest BCUT2D eigenvalue weighted by Crippen LogP contribution is -2.13. The molecule has 0 atom stereocenters. The normalized spacial score (nSPS) is 13.0. The summed E-state index contributed by atoms with van der Waals surface area (Å²) in [7, 11) is -3.48. The zero-order chi connectivity index (χ0) is 12.8. The van der Waals surface area contributed by atoms with Crippen molar-refractivity contribution >= 4 is 18.0 Å². The van der Waals surface area contributed by atoms with Gasteiger partial charge in [-0.15, -0.1) is 0 Å². The molecule has 0 N–H and O–H groups in total. The van der Waals surface area contributed by atoms with Crippen LogP contribution in [0.2, 0.25) is 0 Å². The van der Waals surface area contributed by atoms with E-state index in [0.717, 1.165) is 12.6 Å². The van der Waals surface area contributed by atoms with Crippen molar-refractivity contribution in [2.45, 2.75) is 39.0 Å². The fourth-order valence-corrected chi connectivity index (χ4v) is 3.81. The Hall–Kier alpha value is 0.300. The van der Waals surface area contributed by atoms with Crippen molar-refractivity contribution in [1.82, 2.24) is 0 Å². The molecule has 0 rings (SSSR count). The minimum atomic E-state index is -3.33. The number of ether oxygens (including phenoxy) is 1. The van der Waals surface area contributed by atoms with E-state index in [1.165, 1.54) is 0 Å². The highest BCUT2D eigenvalue weighted by atomic mass is 32.2. The highest BCUT2D eigenvalue weighted by molar-refractivity contribution is 7.85. The Kier molecular flexibility index (Phi) is 7.73. The highest BCUT2D eigenvalue weighted by Crippen LogP contribution is 2.45. The minimum Gasteiger partial charge on any atom is -0.375 e. The lowest BCUT2D eigenvalue weighted by Gasteiger charge is -2.25. The standard InChI is InChI=1S/C10H23O4PS/c1-9(2)15(10(3)4)8-13-6-7-14-16(5,11)12/h9-10H,6-8H2,1-5H3. The van der Waals surface area contributed by atoms with Crippen molar-refractivity contribution in [3.05, 3.63) is 0 Å². The fraction of sp³-hybridized carbons (Fsp3) is 1.00. The molecule has 0 radical (unpaired) electrons. The Balaban J connectivity index is 3.72. The molecule has 0 saturated carbocycles. The van der Waals surface area contributed by atoms with Crippen molar-refractivity contribution in [3.63, 3.8) is 0 Å². The second kappa shape index (κ2) is 7.59. The van der Waals surface area contributed by atoms with Crippen LogP contribution in [0.25, 0.3) is 0 Å². The van der Waals surface area contributed by atoms with Crippen molar-refractivity contribution in [2.24, 2.45) is 0 Å². The molecule has 0 aliphatic rings. The van der Waals surface area contributed by atoms with Crippen LogP contribution < -0.4 is 0 Å². The van der Waals surface area contributed by atoms with Crippen LogP contribution in [0.3, 0.4) is 0 Å². The number of hydrogen-bond acceptors (Lipinski definition) is 4. The van der Waals surface area contributed by atoms with Gasteiger partial charge in [-0.2, -0.15) is 8.42 Å². The Bertz CT molecular complexity index is 267. The molecular formula is C10H23O4PS. The van der Waals surface area contributed by atoms with Gasteiger partial charge in [-0.3, -0.25) is 4.18 Å². The van der Waals surface area contributed by atoms with E-state index in [2.05, 4.69) is 31.9 Å². The summed E-state index contributed by atoms with van der Waals surface area (Å²) in [6.07, 6.45) is 1.76. The average Bonchev–Trinajstić information content (AvgIpc) is 2.07. The van der Waals surface area contributed by atoms with E-state index in [9.17, 15) is 8.42 Å². The molecule has 0 aromatic rings. The molecule has 16 heavy (non-hydrogen) atoms. The van der Waals surface area contributed by atoms with Gasteiger partial charge in [0.15, 0.2) is 0 Å². The maximum Gasteiger partial charge on any atom is 0.264 e. The van der Waals surface area contributed by atoms with Gasteiger partial charge < -0.3 is 4.74 Å². The zero-order valence-electron chi connectivity index (χ0n) is 10.8. The van der Waals surface area contributed by atoms with Gasteiger partial charge in [0.2, 0.25) is 0 Å². The Morgan fingerprint density at radius 1 is 1.06 bits per heavy atom. The highest BCUT2D eigenvalue weighted by Gasteiger charge is 2.16. The molecule has 0 aromatic carbocycles. The molecule has 4 nitrogen and oxygen atoms in total. The number of rotatable bonds is 8. The smallest absolute Gasteiger partial charge is 0.264 e. The third-order valence-corrected chi connectivity index (χ3v) is 5.82. The van der Waals surface area contributed by atoms with Crippen LogP contribution in [0.5, 0.6) is 0 Å². The van der Waals surface area contributed by atoms with Gasteiger partial charge in [-0.05, 0) is 11.3 Å². The average molecular weight is 270 g/mol. The molecule has 0 aliphatic heterocycles. The van der Waals surface area contributed by atoms with E-state index in [0.29, 0.717) is 17.9 Å². The first-order chi connectivity index (χ1) is 7.24. The zero-order valence-corrected chi connectivity index (χ0v) is 12.5. The molecule has 0 aliphatic carbocycles. The lowest BCUT2D eigenvalue weighted by atomic mass is 10.5. The molecule has 0 fully saturated rings. The number of hydrogen-bond donors (Lipinski definition) is 0. The van der Waals surface area contributed by atoms with Gasteiger partial charge in [-0.25, -0.2) is 0 Å². The van der Waals surface area contributed by atoms with Crippen molar-refractivity contribution < 1.29 is 17.3 Å². The molecular weight excluding hydrogens is 247 g/mol. The van der Waals surface area contributed by atoms with Crippen LogP contribution in [0, 0.1) is 0 Å². The van der Waals surface area contributed by atoms with Gasteiger partial charge in [0, 0.05) is 0 Å². The Labute approximate surface area is 101 Å². The third kappa shape index (κ3) is 8.45. The van der Waals surface area contributed by atoms with Gasteiger partial charge in [-0.1, -0.05) is 35.6 Å². The van der Waals surface area contributed by atoms with Crippen molar-refractivity contribution in [2.75, 3.05) is 25.8 Å². The predicted molar refractivity (Wildman–Crippen MR) is 68.8 cm³/mol. The summed E-state index contributed by atoms with van der Waals surface area (Å²) >= 11 is 0. The third-order valence-electron chi connectivity index (χ3n) is 2.09.